The molecule has 9 nitrogen and oxygen atoms in total. The van der Waals surface area contributed by atoms with Crippen LogP contribution in [0.3, 0.4) is 0 Å². The minimum Gasteiger partial charge on any atom is -0.492 e. The van der Waals surface area contributed by atoms with Crippen molar-refractivity contribution in [2.75, 3.05) is 32.8 Å². The predicted octanol–water partition coefficient (Wildman–Crippen LogP) is 2.22. The molecule has 3 aliphatic rings. The van der Waals surface area contributed by atoms with Gasteiger partial charge in [-0.25, -0.2) is 12.8 Å². The van der Waals surface area contributed by atoms with Gasteiger partial charge in [0.2, 0.25) is 21.8 Å². The molecule has 2 aromatic carbocycles. The van der Waals surface area contributed by atoms with Gasteiger partial charge in [0, 0.05) is 31.7 Å². The number of halogens is 1. The first-order valence-electron chi connectivity index (χ1n) is 13.5. The van der Waals surface area contributed by atoms with E-state index < -0.39 is 27.9 Å². The van der Waals surface area contributed by atoms with Crippen molar-refractivity contribution in [3.63, 3.8) is 0 Å². The maximum Gasteiger partial charge on any atom is 0.245 e. The topological polar surface area (TPSA) is 113 Å². The summed E-state index contributed by atoms with van der Waals surface area (Å²) in [4.78, 5) is 29.6. The highest BCUT2D eigenvalue weighted by molar-refractivity contribution is 7.89. The van der Waals surface area contributed by atoms with Crippen LogP contribution in [0, 0.1) is 11.7 Å². The fourth-order valence-corrected chi connectivity index (χ4v) is 7.59. The average molecular weight is 559 g/mol. The Hall–Kier alpha value is -3.02. The third kappa shape index (κ3) is 6.10. The number of nitrogens with zero attached hydrogens (tertiary/aromatic N) is 3. The molecule has 2 aliphatic heterocycles. The van der Waals surface area contributed by atoms with Gasteiger partial charge in [-0.05, 0) is 68.4 Å². The van der Waals surface area contributed by atoms with Crippen molar-refractivity contribution in [3.05, 3.63) is 60.4 Å². The Bertz CT molecular complexity index is 1290. The average Bonchev–Trinajstić information content (AvgIpc) is 3.37. The van der Waals surface area contributed by atoms with Gasteiger partial charge in [-0.3, -0.25) is 9.59 Å². The Labute approximate surface area is 228 Å². The first kappa shape index (κ1) is 27.5. The Morgan fingerprint density at radius 3 is 2.49 bits per heavy atom. The molecule has 2 heterocycles. The number of sulfonamides is 1. The number of carbonyl (C=O) groups is 2. The molecule has 2 atom stereocenters. The number of amides is 2. The third-order valence-electron chi connectivity index (χ3n) is 8.03. The van der Waals surface area contributed by atoms with E-state index in [0.717, 1.165) is 31.7 Å². The number of ether oxygens (including phenoxy) is 1. The second kappa shape index (κ2) is 11.6. The fraction of sp³-hybridized carbons (Fsp3) is 0.500. The van der Waals surface area contributed by atoms with Crippen molar-refractivity contribution < 1.29 is 27.1 Å². The molecule has 0 aromatic heterocycles. The van der Waals surface area contributed by atoms with E-state index in [-0.39, 0.29) is 55.4 Å². The van der Waals surface area contributed by atoms with E-state index in [9.17, 15) is 22.4 Å². The molecule has 2 saturated heterocycles. The molecule has 210 valence electrons. The SMILES string of the molecule is NC1CCC(CN2CC(=O)N3C[C@@H](N(CCOc4ccccc4)S(=O)(=O)c4cccc(F)c4)C[C@H]3C2=O)CC1. The fourth-order valence-electron chi connectivity index (χ4n) is 5.94. The molecule has 0 spiro atoms. The number of nitrogens with two attached hydrogens (primary N) is 1. The number of carbonyl (C=O) groups excluding carboxylic acids is 2. The van der Waals surface area contributed by atoms with Gasteiger partial charge in [0.05, 0.1) is 11.4 Å². The van der Waals surface area contributed by atoms with Crippen molar-refractivity contribution in [3.8, 4) is 5.75 Å². The second-order valence-electron chi connectivity index (χ2n) is 10.7. The van der Waals surface area contributed by atoms with Gasteiger partial charge >= 0.3 is 0 Å². The molecule has 1 saturated carbocycles. The molecule has 2 amide bonds. The summed E-state index contributed by atoms with van der Waals surface area (Å²) < 4.78 is 48.5. The Morgan fingerprint density at radius 1 is 1.03 bits per heavy atom. The Kier molecular flexibility index (Phi) is 8.20. The first-order valence-corrected chi connectivity index (χ1v) is 15.0. The molecular formula is C28H35FN4O5S. The molecule has 39 heavy (non-hydrogen) atoms. The Balaban J connectivity index is 1.34. The minimum atomic E-state index is -4.14. The molecule has 1 aliphatic carbocycles. The quantitative estimate of drug-likeness (QED) is 0.505. The highest BCUT2D eigenvalue weighted by Gasteiger charge is 2.49. The van der Waals surface area contributed by atoms with E-state index in [1.807, 2.05) is 18.2 Å². The van der Waals surface area contributed by atoms with Crippen LogP contribution in [0.2, 0.25) is 0 Å². The van der Waals surface area contributed by atoms with Gasteiger partial charge in [0.1, 0.15) is 24.2 Å². The lowest BCUT2D eigenvalue weighted by atomic mass is 9.86. The number of para-hydroxylation sites is 1. The first-order chi connectivity index (χ1) is 18.7. The summed E-state index contributed by atoms with van der Waals surface area (Å²) in [7, 11) is -4.14. The molecule has 2 N–H and O–H groups in total. The molecule has 0 radical (unpaired) electrons. The molecule has 0 bridgehead atoms. The number of benzene rings is 2. The second-order valence-corrected chi connectivity index (χ2v) is 12.6. The van der Waals surface area contributed by atoms with Crippen LogP contribution in [0.25, 0.3) is 0 Å². The van der Waals surface area contributed by atoms with Crippen molar-refractivity contribution in [1.82, 2.24) is 14.1 Å². The van der Waals surface area contributed by atoms with E-state index in [4.69, 9.17) is 10.5 Å². The summed E-state index contributed by atoms with van der Waals surface area (Å²) in [6.45, 7) is 0.646. The van der Waals surface area contributed by atoms with Crippen LogP contribution in [-0.4, -0.2) is 85.2 Å². The normalized spacial score (nSPS) is 25.7. The highest BCUT2D eigenvalue weighted by atomic mass is 32.2. The van der Waals surface area contributed by atoms with Gasteiger partial charge in [0.25, 0.3) is 0 Å². The smallest absolute Gasteiger partial charge is 0.245 e. The summed E-state index contributed by atoms with van der Waals surface area (Å²) in [5, 5.41) is 0. The number of hydrogen-bond donors (Lipinski definition) is 1. The van der Waals surface area contributed by atoms with Crippen molar-refractivity contribution in [2.24, 2.45) is 11.7 Å². The molecule has 3 fully saturated rings. The summed E-state index contributed by atoms with van der Waals surface area (Å²) >= 11 is 0. The van der Waals surface area contributed by atoms with Crippen LogP contribution >= 0.6 is 0 Å². The number of fused-ring (bicyclic) bond motifs is 1. The summed E-state index contributed by atoms with van der Waals surface area (Å²) in [6, 6.07) is 12.7. The molecule has 0 unspecified atom stereocenters. The number of piperazine rings is 1. The van der Waals surface area contributed by atoms with E-state index in [1.165, 1.54) is 27.4 Å². The van der Waals surface area contributed by atoms with Gasteiger partial charge in [-0.2, -0.15) is 4.31 Å². The standard InChI is InChI=1S/C28H35FN4O5S/c29-21-5-4-8-25(15-21)39(36,37)33(13-14-38-24-6-2-1-3-7-24)23-16-26-28(35)31(19-27(34)32(26)18-23)17-20-9-11-22(30)12-10-20/h1-8,15,20,22-23,26H,9-14,16-19,30H2/t20?,22?,23-,26-/m0/s1. The van der Waals surface area contributed by atoms with E-state index in [2.05, 4.69) is 0 Å². The van der Waals surface area contributed by atoms with Gasteiger partial charge in [-0.15, -0.1) is 0 Å². The highest BCUT2D eigenvalue weighted by Crippen LogP contribution is 2.32. The van der Waals surface area contributed by atoms with Gasteiger partial charge in [0.15, 0.2) is 0 Å². The van der Waals surface area contributed by atoms with E-state index >= 15 is 0 Å². The zero-order valence-electron chi connectivity index (χ0n) is 21.8. The largest absolute Gasteiger partial charge is 0.492 e. The van der Waals surface area contributed by atoms with Gasteiger partial charge < -0.3 is 20.3 Å². The number of hydrogen-bond acceptors (Lipinski definition) is 6. The van der Waals surface area contributed by atoms with Crippen LogP contribution < -0.4 is 10.5 Å². The summed E-state index contributed by atoms with van der Waals surface area (Å²) in [5.41, 5.74) is 6.02. The lowest BCUT2D eigenvalue weighted by Crippen LogP contribution is -2.58. The lowest BCUT2D eigenvalue weighted by Gasteiger charge is -2.39. The van der Waals surface area contributed by atoms with E-state index in [0.29, 0.717) is 18.2 Å². The summed E-state index contributed by atoms with van der Waals surface area (Å²) in [5.74, 6) is -0.0849. The zero-order chi connectivity index (χ0) is 27.6. The Morgan fingerprint density at radius 2 is 1.77 bits per heavy atom. The predicted molar refractivity (Wildman–Crippen MR) is 143 cm³/mol. The van der Waals surface area contributed by atoms with Crippen molar-refractivity contribution >= 4 is 21.8 Å². The molecule has 2 aromatic rings. The van der Waals surface area contributed by atoms with Crippen molar-refractivity contribution in [2.45, 2.75) is 55.1 Å². The van der Waals surface area contributed by atoms with Crippen LogP contribution in [0.5, 0.6) is 5.75 Å². The zero-order valence-corrected chi connectivity index (χ0v) is 22.6. The maximum absolute atomic E-state index is 14.0. The molecule has 5 rings (SSSR count). The summed E-state index contributed by atoms with van der Waals surface area (Å²) in [6.07, 6.45) is 3.86. The van der Waals surface area contributed by atoms with Crippen molar-refractivity contribution in [1.29, 1.82) is 0 Å². The van der Waals surface area contributed by atoms with Crippen LogP contribution in [0.1, 0.15) is 32.1 Å². The molecule has 11 heteroatoms. The van der Waals surface area contributed by atoms with Gasteiger partial charge in [-0.1, -0.05) is 24.3 Å². The van der Waals surface area contributed by atoms with Crippen LogP contribution in [-0.2, 0) is 19.6 Å². The lowest BCUT2D eigenvalue weighted by molar-refractivity contribution is -0.154. The van der Waals surface area contributed by atoms with E-state index in [1.54, 1.807) is 17.0 Å². The number of rotatable bonds is 9. The minimum absolute atomic E-state index is 0.00162. The third-order valence-corrected chi connectivity index (χ3v) is 9.97. The van der Waals surface area contributed by atoms with Crippen LogP contribution in [0.15, 0.2) is 59.5 Å². The molecular weight excluding hydrogens is 523 g/mol. The van der Waals surface area contributed by atoms with Crippen LogP contribution in [0.4, 0.5) is 4.39 Å². The monoisotopic (exact) mass is 558 g/mol. The maximum atomic E-state index is 14.0.